The first-order valence-electron chi connectivity index (χ1n) is 14.4. The van der Waals surface area contributed by atoms with Crippen molar-refractivity contribution in [3.8, 4) is 0 Å². The van der Waals surface area contributed by atoms with Gasteiger partial charge in [-0.3, -0.25) is 13.9 Å². The van der Waals surface area contributed by atoms with Gasteiger partial charge in [-0.2, -0.15) is 0 Å². The molecule has 0 spiro atoms. The van der Waals surface area contributed by atoms with Crippen molar-refractivity contribution < 1.29 is 18.0 Å². The second-order valence-corrected chi connectivity index (χ2v) is 13.9. The molecular weight excluding hydrogens is 629 g/mol. The molecule has 11 heteroatoms. The van der Waals surface area contributed by atoms with Gasteiger partial charge in [-0.15, -0.1) is 0 Å². The maximum absolute atomic E-state index is 14.3. The highest BCUT2D eigenvalue weighted by Crippen LogP contribution is 2.29. The number of sulfonamides is 1. The molecule has 0 aliphatic heterocycles. The number of benzene rings is 3. The Bertz CT molecular complexity index is 1510. The average molecular weight is 665 g/mol. The fourth-order valence-electron chi connectivity index (χ4n) is 5.29. The Balaban J connectivity index is 1.73. The fourth-order valence-corrected chi connectivity index (χ4v) is 7.35. The van der Waals surface area contributed by atoms with Gasteiger partial charge in [-0.05, 0) is 74.7 Å². The second-order valence-electron chi connectivity index (χ2n) is 10.8. The van der Waals surface area contributed by atoms with Gasteiger partial charge in [0.15, 0.2) is 0 Å². The highest BCUT2D eigenvalue weighted by Gasteiger charge is 2.35. The molecule has 1 aliphatic rings. The van der Waals surface area contributed by atoms with Crippen LogP contribution in [0.2, 0.25) is 15.1 Å². The molecule has 0 radical (unpaired) electrons. The summed E-state index contributed by atoms with van der Waals surface area (Å²) in [5.41, 5.74) is 1.63. The Morgan fingerprint density at radius 1 is 0.907 bits per heavy atom. The van der Waals surface area contributed by atoms with Crippen molar-refractivity contribution in [3.63, 3.8) is 0 Å². The standard InChI is InChI=1S/C32H36Cl3N3O4S/c1-3-30(32(40)36-24-8-5-4-6-9-24)37(20-27-28(34)10-7-11-29(27)35)31(39)21-38(25-16-14-23(33)15-17-25)43(41,42)26-18-12-22(2)13-19-26/h7,10-19,24,30H,3-6,8-9,20-21H2,1-2H3,(H,36,40). The number of hydrogen-bond acceptors (Lipinski definition) is 4. The molecule has 4 rings (SSSR count). The summed E-state index contributed by atoms with van der Waals surface area (Å²) in [6.07, 6.45) is 5.27. The molecular formula is C32H36Cl3N3O4S. The zero-order valence-electron chi connectivity index (χ0n) is 24.2. The van der Waals surface area contributed by atoms with Crippen LogP contribution in [0, 0.1) is 6.92 Å². The molecule has 7 nitrogen and oxygen atoms in total. The molecule has 230 valence electrons. The maximum atomic E-state index is 14.3. The van der Waals surface area contributed by atoms with Crippen molar-refractivity contribution in [2.45, 2.75) is 75.9 Å². The van der Waals surface area contributed by atoms with Crippen molar-refractivity contribution >= 4 is 62.3 Å². The minimum Gasteiger partial charge on any atom is -0.352 e. The van der Waals surface area contributed by atoms with Gasteiger partial charge in [0.1, 0.15) is 12.6 Å². The summed E-state index contributed by atoms with van der Waals surface area (Å²) >= 11 is 19.1. The topological polar surface area (TPSA) is 86.8 Å². The largest absolute Gasteiger partial charge is 0.352 e. The Morgan fingerprint density at radius 2 is 1.51 bits per heavy atom. The van der Waals surface area contributed by atoms with Crippen molar-refractivity contribution in [1.29, 1.82) is 0 Å². The van der Waals surface area contributed by atoms with E-state index < -0.39 is 28.5 Å². The first kappa shape index (κ1) is 33.1. The van der Waals surface area contributed by atoms with Gasteiger partial charge < -0.3 is 10.2 Å². The van der Waals surface area contributed by atoms with Gasteiger partial charge >= 0.3 is 0 Å². The highest BCUT2D eigenvalue weighted by atomic mass is 35.5. The minimum atomic E-state index is -4.19. The van der Waals surface area contributed by atoms with Crippen LogP contribution in [0.15, 0.2) is 71.6 Å². The number of carbonyl (C=O) groups is 2. The van der Waals surface area contributed by atoms with Crippen molar-refractivity contribution in [2.24, 2.45) is 0 Å². The molecule has 1 saturated carbocycles. The molecule has 43 heavy (non-hydrogen) atoms. The minimum absolute atomic E-state index is 0.0311. The second kappa shape index (κ2) is 14.8. The smallest absolute Gasteiger partial charge is 0.264 e. The van der Waals surface area contributed by atoms with E-state index >= 15 is 0 Å². The van der Waals surface area contributed by atoms with E-state index in [-0.39, 0.29) is 29.1 Å². The molecule has 0 heterocycles. The van der Waals surface area contributed by atoms with Crippen LogP contribution in [0.4, 0.5) is 5.69 Å². The number of aryl methyl sites for hydroxylation is 1. The Hall–Kier alpha value is -2.78. The van der Waals surface area contributed by atoms with Crippen LogP contribution < -0.4 is 9.62 Å². The van der Waals surface area contributed by atoms with E-state index in [1.807, 2.05) is 13.8 Å². The third-order valence-corrected chi connectivity index (χ3v) is 10.5. The molecule has 1 N–H and O–H groups in total. The molecule has 0 saturated heterocycles. The van der Waals surface area contributed by atoms with E-state index in [0.717, 1.165) is 42.0 Å². The maximum Gasteiger partial charge on any atom is 0.264 e. The molecule has 1 atom stereocenters. The Labute approximate surface area is 269 Å². The van der Waals surface area contributed by atoms with Gasteiger partial charge in [0, 0.05) is 33.2 Å². The first-order valence-corrected chi connectivity index (χ1v) is 17.0. The number of carbonyl (C=O) groups excluding carboxylic acids is 2. The Kier molecular flexibility index (Phi) is 11.4. The summed E-state index contributed by atoms with van der Waals surface area (Å²) < 4.78 is 29.0. The first-order chi connectivity index (χ1) is 20.5. The van der Waals surface area contributed by atoms with Crippen LogP contribution in [0.1, 0.15) is 56.6 Å². The van der Waals surface area contributed by atoms with E-state index in [1.54, 1.807) is 54.6 Å². The van der Waals surface area contributed by atoms with Crippen LogP contribution in [-0.2, 0) is 26.2 Å². The zero-order valence-corrected chi connectivity index (χ0v) is 27.3. The number of halogens is 3. The predicted octanol–water partition coefficient (Wildman–Crippen LogP) is 7.41. The number of hydrogen-bond donors (Lipinski definition) is 1. The molecule has 1 aliphatic carbocycles. The quantitative estimate of drug-likeness (QED) is 0.231. The van der Waals surface area contributed by atoms with Crippen LogP contribution >= 0.6 is 34.8 Å². The van der Waals surface area contributed by atoms with Gasteiger partial charge in [-0.25, -0.2) is 8.42 Å². The summed E-state index contributed by atoms with van der Waals surface area (Å²) in [6.45, 7) is 3.04. The van der Waals surface area contributed by atoms with Gasteiger partial charge in [0.2, 0.25) is 11.8 Å². The summed E-state index contributed by atoms with van der Waals surface area (Å²) in [5.74, 6) is -0.863. The number of nitrogens with one attached hydrogen (secondary N) is 1. The van der Waals surface area contributed by atoms with Gasteiger partial charge in [0.25, 0.3) is 10.0 Å². The SMILES string of the molecule is CCC(C(=O)NC1CCCCC1)N(Cc1c(Cl)cccc1Cl)C(=O)CN(c1ccc(Cl)cc1)S(=O)(=O)c1ccc(C)cc1. The molecule has 0 aromatic heterocycles. The van der Waals surface area contributed by atoms with Crippen LogP contribution in [0.5, 0.6) is 0 Å². The zero-order chi connectivity index (χ0) is 31.1. The van der Waals surface area contributed by atoms with E-state index in [2.05, 4.69) is 5.32 Å². The van der Waals surface area contributed by atoms with Gasteiger partial charge in [0.05, 0.1) is 10.6 Å². The van der Waals surface area contributed by atoms with Crippen LogP contribution in [0.3, 0.4) is 0 Å². The number of amides is 2. The summed E-state index contributed by atoms with van der Waals surface area (Å²) in [6, 6.07) is 16.8. The summed E-state index contributed by atoms with van der Waals surface area (Å²) in [4.78, 5) is 29.4. The lowest BCUT2D eigenvalue weighted by Gasteiger charge is -2.34. The molecule has 1 unspecified atom stereocenters. The Morgan fingerprint density at radius 3 is 2.09 bits per heavy atom. The lowest BCUT2D eigenvalue weighted by molar-refractivity contribution is -0.140. The monoisotopic (exact) mass is 663 g/mol. The van der Waals surface area contributed by atoms with Crippen LogP contribution in [-0.4, -0.2) is 43.8 Å². The lowest BCUT2D eigenvalue weighted by atomic mass is 9.95. The van der Waals surface area contributed by atoms with Crippen LogP contribution in [0.25, 0.3) is 0 Å². The lowest BCUT2D eigenvalue weighted by Crippen LogP contribution is -2.54. The average Bonchev–Trinajstić information content (AvgIpc) is 2.98. The van der Waals surface area contributed by atoms with E-state index in [0.29, 0.717) is 27.1 Å². The number of rotatable bonds is 11. The molecule has 3 aromatic carbocycles. The van der Waals surface area contributed by atoms with Gasteiger partial charge in [-0.1, -0.05) is 84.8 Å². The van der Waals surface area contributed by atoms with E-state index in [1.165, 1.54) is 17.0 Å². The third-order valence-electron chi connectivity index (χ3n) is 7.73. The van der Waals surface area contributed by atoms with Crippen molar-refractivity contribution in [1.82, 2.24) is 10.2 Å². The highest BCUT2D eigenvalue weighted by molar-refractivity contribution is 7.92. The number of nitrogens with zero attached hydrogens (tertiary/aromatic N) is 2. The molecule has 2 amide bonds. The number of anilines is 1. The molecule has 1 fully saturated rings. The molecule has 3 aromatic rings. The van der Waals surface area contributed by atoms with Crippen molar-refractivity contribution in [2.75, 3.05) is 10.8 Å². The predicted molar refractivity (Wildman–Crippen MR) is 173 cm³/mol. The summed E-state index contributed by atoms with van der Waals surface area (Å²) in [7, 11) is -4.19. The third kappa shape index (κ3) is 8.24. The van der Waals surface area contributed by atoms with E-state index in [9.17, 15) is 18.0 Å². The van der Waals surface area contributed by atoms with E-state index in [4.69, 9.17) is 34.8 Å². The normalized spacial score (nSPS) is 14.6. The van der Waals surface area contributed by atoms with Crippen molar-refractivity contribution in [3.05, 3.63) is 92.9 Å². The molecule has 0 bridgehead atoms. The fraction of sp³-hybridized carbons (Fsp3) is 0.375. The summed E-state index contributed by atoms with van der Waals surface area (Å²) in [5, 5.41) is 4.23.